The first-order valence-corrected chi connectivity index (χ1v) is 6.42. The zero-order chi connectivity index (χ0) is 11.4. The lowest BCUT2D eigenvalue weighted by atomic mass is 10.1. The Morgan fingerprint density at radius 2 is 2.38 bits per heavy atom. The number of carbonyl (C=O) groups excluding carboxylic acids is 1. The van der Waals surface area contributed by atoms with Crippen molar-refractivity contribution >= 4 is 5.91 Å². The highest BCUT2D eigenvalue weighted by molar-refractivity contribution is 5.76. The molecule has 1 amide bonds. The lowest BCUT2D eigenvalue weighted by Crippen LogP contribution is -2.35. The van der Waals surface area contributed by atoms with Crippen molar-refractivity contribution < 1.29 is 4.79 Å². The highest BCUT2D eigenvalue weighted by atomic mass is 16.1. The number of nitrogens with zero attached hydrogens (tertiary/aromatic N) is 1. The minimum Gasteiger partial charge on any atom is -0.356 e. The molecule has 0 spiro atoms. The average molecular weight is 225 g/mol. The number of nitrogens with one attached hydrogen (secondary N) is 2. The first-order chi connectivity index (χ1) is 7.74. The third-order valence-corrected chi connectivity index (χ3v) is 3.67. The van der Waals surface area contributed by atoms with Gasteiger partial charge in [-0.1, -0.05) is 0 Å². The predicted molar refractivity (Wildman–Crippen MR) is 64.3 cm³/mol. The van der Waals surface area contributed by atoms with Crippen molar-refractivity contribution in [3.8, 4) is 0 Å². The molecule has 2 rings (SSSR count). The van der Waals surface area contributed by atoms with Crippen LogP contribution in [0.15, 0.2) is 0 Å². The molecule has 2 heterocycles. The Labute approximate surface area is 97.8 Å². The van der Waals surface area contributed by atoms with Gasteiger partial charge in [0.2, 0.25) is 5.91 Å². The van der Waals surface area contributed by atoms with Crippen LogP contribution < -0.4 is 10.6 Å². The SMILES string of the molecule is CN1CCC(CNC(=O)CC2CCCN2)C1. The van der Waals surface area contributed by atoms with Gasteiger partial charge in [-0.3, -0.25) is 4.79 Å². The Kier molecular flexibility index (Phi) is 4.18. The number of amides is 1. The fraction of sp³-hybridized carbons (Fsp3) is 0.917. The van der Waals surface area contributed by atoms with Gasteiger partial charge in [0.05, 0.1) is 0 Å². The second-order valence-electron chi connectivity index (χ2n) is 5.22. The first kappa shape index (κ1) is 11.9. The van der Waals surface area contributed by atoms with Gasteiger partial charge in [-0.15, -0.1) is 0 Å². The maximum Gasteiger partial charge on any atom is 0.221 e. The molecule has 0 aromatic carbocycles. The smallest absolute Gasteiger partial charge is 0.221 e. The Hall–Kier alpha value is -0.610. The second-order valence-corrected chi connectivity index (χ2v) is 5.22. The molecular weight excluding hydrogens is 202 g/mol. The number of likely N-dealkylation sites (tertiary alicyclic amines) is 1. The Morgan fingerprint density at radius 3 is 3.00 bits per heavy atom. The molecule has 2 N–H and O–H groups in total. The van der Waals surface area contributed by atoms with Gasteiger partial charge < -0.3 is 15.5 Å². The summed E-state index contributed by atoms with van der Waals surface area (Å²) in [5.41, 5.74) is 0. The highest BCUT2D eigenvalue weighted by Gasteiger charge is 2.21. The fourth-order valence-corrected chi connectivity index (χ4v) is 2.68. The summed E-state index contributed by atoms with van der Waals surface area (Å²) in [5, 5.41) is 6.42. The van der Waals surface area contributed by atoms with Gasteiger partial charge >= 0.3 is 0 Å². The van der Waals surface area contributed by atoms with Crippen LogP contribution in [0.2, 0.25) is 0 Å². The molecule has 0 aliphatic carbocycles. The maximum atomic E-state index is 11.7. The van der Waals surface area contributed by atoms with E-state index in [1.54, 1.807) is 0 Å². The van der Waals surface area contributed by atoms with Crippen molar-refractivity contribution in [3.05, 3.63) is 0 Å². The molecule has 2 unspecified atom stereocenters. The van der Waals surface area contributed by atoms with E-state index >= 15 is 0 Å². The molecule has 0 aromatic heterocycles. The molecule has 16 heavy (non-hydrogen) atoms. The molecule has 92 valence electrons. The van der Waals surface area contributed by atoms with E-state index in [-0.39, 0.29) is 5.91 Å². The Balaban J connectivity index is 1.60. The lowest BCUT2D eigenvalue weighted by Gasteiger charge is -2.13. The molecule has 2 aliphatic heterocycles. The van der Waals surface area contributed by atoms with Gasteiger partial charge in [0.15, 0.2) is 0 Å². The summed E-state index contributed by atoms with van der Waals surface area (Å²) < 4.78 is 0. The summed E-state index contributed by atoms with van der Waals surface area (Å²) in [4.78, 5) is 14.0. The Bertz CT molecular complexity index is 238. The van der Waals surface area contributed by atoms with Gasteiger partial charge in [0.1, 0.15) is 0 Å². The summed E-state index contributed by atoms with van der Waals surface area (Å²) in [5.74, 6) is 0.874. The fourth-order valence-electron chi connectivity index (χ4n) is 2.68. The number of rotatable bonds is 4. The number of hydrogen-bond acceptors (Lipinski definition) is 3. The largest absolute Gasteiger partial charge is 0.356 e. The monoisotopic (exact) mass is 225 g/mol. The zero-order valence-electron chi connectivity index (χ0n) is 10.2. The van der Waals surface area contributed by atoms with E-state index in [1.165, 1.54) is 19.4 Å². The van der Waals surface area contributed by atoms with E-state index in [4.69, 9.17) is 0 Å². The molecule has 2 saturated heterocycles. The topological polar surface area (TPSA) is 44.4 Å². The van der Waals surface area contributed by atoms with Crippen molar-refractivity contribution in [2.75, 3.05) is 33.2 Å². The van der Waals surface area contributed by atoms with E-state index in [0.717, 1.165) is 26.1 Å². The summed E-state index contributed by atoms with van der Waals surface area (Å²) in [6, 6.07) is 0.422. The van der Waals surface area contributed by atoms with Crippen molar-refractivity contribution in [1.82, 2.24) is 15.5 Å². The lowest BCUT2D eigenvalue weighted by molar-refractivity contribution is -0.121. The summed E-state index contributed by atoms with van der Waals surface area (Å²) in [7, 11) is 2.14. The minimum absolute atomic E-state index is 0.217. The molecule has 0 radical (unpaired) electrons. The van der Waals surface area contributed by atoms with Crippen LogP contribution >= 0.6 is 0 Å². The van der Waals surface area contributed by atoms with E-state index in [0.29, 0.717) is 18.4 Å². The van der Waals surface area contributed by atoms with E-state index in [2.05, 4.69) is 22.6 Å². The molecule has 4 nitrogen and oxygen atoms in total. The van der Waals surface area contributed by atoms with Crippen LogP contribution in [0, 0.1) is 5.92 Å². The van der Waals surface area contributed by atoms with Crippen LogP contribution in [0.1, 0.15) is 25.7 Å². The van der Waals surface area contributed by atoms with Crippen molar-refractivity contribution in [2.45, 2.75) is 31.7 Å². The van der Waals surface area contributed by atoms with Crippen LogP contribution in [0.4, 0.5) is 0 Å². The zero-order valence-corrected chi connectivity index (χ0v) is 10.2. The predicted octanol–water partition coefficient (Wildman–Crippen LogP) is 0.196. The third kappa shape index (κ3) is 3.46. The molecule has 2 atom stereocenters. The Morgan fingerprint density at radius 1 is 1.50 bits per heavy atom. The number of hydrogen-bond donors (Lipinski definition) is 2. The standard InChI is InChI=1S/C12H23N3O/c1-15-6-4-10(9-15)8-14-12(16)7-11-3-2-5-13-11/h10-11,13H,2-9H2,1H3,(H,14,16). The van der Waals surface area contributed by atoms with Crippen molar-refractivity contribution in [1.29, 1.82) is 0 Å². The number of carbonyl (C=O) groups is 1. The molecule has 0 aromatic rings. The maximum absolute atomic E-state index is 11.7. The van der Waals surface area contributed by atoms with Crippen LogP contribution in [-0.4, -0.2) is 50.1 Å². The minimum atomic E-state index is 0.217. The molecule has 0 saturated carbocycles. The third-order valence-electron chi connectivity index (χ3n) is 3.67. The molecule has 2 aliphatic rings. The van der Waals surface area contributed by atoms with E-state index in [9.17, 15) is 4.79 Å². The van der Waals surface area contributed by atoms with Gasteiger partial charge in [-0.2, -0.15) is 0 Å². The second kappa shape index (κ2) is 5.64. The normalized spacial score (nSPS) is 30.8. The van der Waals surface area contributed by atoms with Crippen LogP contribution in [0.3, 0.4) is 0 Å². The summed E-state index contributed by atoms with van der Waals surface area (Å²) in [6.45, 7) is 4.23. The summed E-state index contributed by atoms with van der Waals surface area (Å²) >= 11 is 0. The quantitative estimate of drug-likeness (QED) is 0.718. The summed E-state index contributed by atoms with van der Waals surface area (Å²) in [6.07, 6.45) is 4.24. The first-order valence-electron chi connectivity index (χ1n) is 6.42. The molecule has 4 heteroatoms. The van der Waals surface area contributed by atoms with Crippen molar-refractivity contribution in [2.24, 2.45) is 5.92 Å². The molecule has 0 bridgehead atoms. The van der Waals surface area contributed by atoms with Gasteiger partial charge in [0.25, 0.3) is 0 Å². The molecule has 2 fully saturated rings. The van der Waals surface area contributed by atoms with Gasteiger partial charge in [-0.05, 0) is 45.3 Å². The van der Waals surface area contributed by atoms with E-state index < -0.39 is 0 Å². The highest BCUT2D eigenvalue weighted by Crippen LogP contribution is 2.13. The van der Waals surface area contributed by atoms with Gasteiger partial charge in [0, 0.05) is 25.6 Å². The van der Waals surface area contributed by atoms with Crippen LogP contribution in [0.5, 0.6) is 0 Å². The average Bonchev–Trinajstić information content (AvgIpc) is 2.87. The van der Waals surface area contributed by atoms with Crippen molar-refractivity contribution in [3.63, 3.8) is 0 Å². The van der Waals surface area contributed by atoms with Gasteiger partial charge in [-0.25, -0.2) is 0 Å². The van der Waals surface area contributed by atoms with E-state index in [1.807, 2.05) is 0 Å². The van der Waals surface area contributed by atoms with Crippen LogP contribution in [0.25, 0.3) is 0 Å². The molecular formula is C12H23N3O. The van der Waals surface area contributed by atoms with Crippen LogP contribution in [-0.2, 0) is 4.79 Å².